The van der Waals surface area contributed by atoms with Crippen LogP contribution in [-0.2, 0) is 4.79 Å². The van der Waals surface area contributed by atoms with Crippen LogP contribution in [0.5, 0.6) is 0 Å². The summed E-state index contributed by atoms with van der Waals surface area (Å²) in [5.74, 6) is 0.806. The minimum atomic E-state index is -0.491. The van der Waals surface area contributed by atoms with Crippen molar-refractivity contribution in [1.29, 1.82) is 0 Å². The first-order valence-electron chi connectivity index (χ1n) is 3.40. The minimum Gasteiger partial charge on any atom is -0.668 e. The fraction of sp³-hybridized carbons (Fsp3) is 0.750. The molecule has 0 aromatic carbocycles. The van der Waals surface area contributed by atoms with E-state index in [2.05, 4.69) is 20.8 Å². The van der Waals surface area contributed by atoms with E-state index in [1.54, 1.807) is 13.8 Å². The van der Waals surface area contributed by atoms with Crippen molar-refractivity contribution in [2.75, 3.05) is 0 Å². The van der Waals surface area contributed by atoms with Crippen molar-refractivity contribution in [2.24, 2.45) is 5.92 Å². The van der Waals surface area contributed by atoms with Crippen LogP contribution in [0.1, 0.15) is 34.6 Å². The largest absolute Gasteiger partial charge is 0.668 e. The fourth-order valence-electron chi connectivity index (χ4n) is 0. The molecule has 0 aliphatic rings. The number of hydrogen-bond acceptors (Lipinski definition) is 1. The van der Waals surface area contributed by atoms with Crippen LogP contribution >= 0.6 is 0 Å². The molecule has 1 amide bonds. The zero-order valence-corrected chi connectivity index (χ0v) is 11.7. The average molecular weight is 282 g/mol. The molecular weight excluding hydrogens is 265 g/mol. The third-order valence-electron chi connectivity index (χ3n) is 0.524. The van der Waals surface area contributed by atoms with Gasteiger partial charge in [-0.3, -0.25) is 0 Å². The Morgan fingerprint density at radius 1 is 1.27 bits per heavy atom. The van der Waals surface area contributed by atoms with E-state index in [0.29, 0.717) is 0 Å². The summed E-state index contributed by atoms with van der Waals surface area (Å²) in [5.41, 5.74) is 6.39. The van der Waals surface area contributed by atoms with E-state index in [1.807, 2.05) is 0 Å². The molecule has 11 heavy (non-hydrogen) atoms. The van der Waals surface area contributed by atoms with Gasteiger partial charge >= 0.3 is 0 Å². The number of rotatable bonds is 1. The molecule has 0 bridgehead atoms. The molecule has 0 heterocycles. The molecule has 2 nitrogen and oxygen atoms in total. The zero-order chi connectivity index (χ0) is 8.73. The summed E-state index contributed by atoms with van der Waals surface area (Å²) in [5, 5.41) is 0. The van der Waals surface area contributed by atoms with Gasteiger partial charge in [0.15, 0.2) is 0 Å². The Kier molecular flexibility index (Phi) is 17.1. The van der Waals surface area contributed by atoms with Crippen LogP contribution in [0.3, 0.4) is 0 Å². The van der Waals surface area contributed by atoms with Crippen LogP contribution in [-0.4, -0.2) is 5.91 Å². The van der Waals surface area contributed by atoms with E-state index in [9.17, 15) is 4.79 Å². The number of hydrogen-bond donors (Lipinski definition) is 0. The zero-order valence-electron chi connectivity index (χ0n) is 8.06. The van der Waals surface area contributed by atoms with E-state index in [1.165, 1.54) is 5.92 Å². The molecule has 0 aromatic rings. The molecule has 1 radical (unpaired) electrons. The van der Waals surface area contributed by atoms with Crippen molar-refractivity contribution in [2.45, 2.75) is 34.6 Å². The maximum atomic E-state index is 9.81. The van der Waals surface area contributed by atoms with Crippen LogP contribution in [0.15, 0.2) is 0 Å². The molecule has 0 rings (SSSR count). The second-order valence-corrected chi connectivity index (χ2v) is 3.02. The van der Waals surface area contributed by atoms with Crippen LogP contribution in [0.25, 0.3) is 5.73 Å². The standard InChI is InChI=1S/C4H9NO.C4H9.La/c1-3(2)4(5)6;1-4(2)3;/h3H,1-2H3,(H2,5,6);1-3H3;/q;-1;/p-1. The van der Waals surface area contributed by atoms with Crippen molar-refractivity contribution in [3.63, 3.8) is 0 Å². The Bertz CT molecular complexity index is 89.3. The number of carbonyl (C=O) groups excluding carboxylic acids is 1. The number of amides is 1. The Balaban J connectivity index is -0.000000114. The molecule has 0 aliphatic carbocycles. The molecule has 3 heteroatoms. The van der Waals surface area contributed by atoms with Crippen LogP contribution in [0.4, 0.5) is 0 Å². The SMILES string of the molecule is CC(C)C([NH-])=O.C[C-](C)C.[La]. The molecule has 1 N–H and O–H groups in total. The van der Waals surface area contributed by atoms with Crippen molar-refractivity contribution < 1.29 is 40.4 Å². The van der Waals surface area contributed by atoms with Gasteiger partial charge < -0.3 is 16.4 Å². The number of carbonyl (C=O) groups is 1. The van der Waals surface area contributed by atoms with Gasteiger partial charge in [-0.05, 0) is 5.92 Å². The van der Waals surface area contributed by atoms with Gasteiger partial charge in [0.25, 0.3) is 0 Å². The molecule has 0 fully saturated rings. The van der Waals surface area contributed by atoms with Gasteiger partial charge in [0.2, 0.25) is 0 Å². The second kappa shape index (κ2) is 10.7. The molecule has 0 aliphatic heterocycles. The van der Waals surface area contributed by atoms with E-state index >= 15 is 0 Å². The predicted molar refractivity (Wildman–Crippen MR) is 44.4 cm³/mol. The normalized spacial score (nSPS) is 8.27. The van der Waals surface area contributed by atoms with Crippen molar-refractivity contribution in [3.8, 4) is 0 Å². The first-order valence-corrected chi connectivity index (χ1v) is 3.40. The van der Waals surface area contributed by atoms with Crippen molar-refractivity contribution in [3.05, 3.63) is 11.7 Å². The van der Waals surface area contributed by atoms with Gasteiger partial charge in [0.1, 0.15) is 0 Å². The van der Waals surface area contributed by atoms with E-state index in [4.69, 9.17) is 5.73 Å². The molecule has 0 spiro atoms. The van der Waals surface area contributed by atoms with Gasteiger partial charge in [0.05, 0.1) is 5.91 Å². The molecule has 0 unspecified atom stereocenters. The summed E-state index contributed by atoms with van der Waals surface area (Å²) in [7, 11) is 0. The van der Waals surface area contributed by atoms with Crippen LogP contribution in [0.2, 0.25) is 0 Å². The van der Waals surface area contributed by atoms with Gasteiger partial charge in [-0.2, -0.15) is 20.8 Å². The summed E-state index contributed by atoms with van der Waals surface area (Å²) in [4.78, 5) is 9.81. The predicted octanol–water partition coefficient (Wildman–Crippen LogP) is 2.84. The van der Waals surface area contributed by atoms with E-state index in [0.717, 1.165) is 0 Å². The smallest absolute Gasteiger partial charge is 0.0513 e. The second-order valence-electron chi connectivity index (χ2n) is 3.02. The molecule has 65 valence electrons. The van der Waals surface area contributed by atoms with Gasteiger partial charge in [-0.1, -0.05) is 13.8 Å². The molecule has 0 saturated heterocycles. The van der Waals surface area contributed by atoms with E-state index in [-0.39, 0.29) is 41.5 Å². The summed E-state index contributed by atoms with van der Waals surface area (Å²) in [6.45, 7) is 9.66. The Labute approximate surface area is 97.9 Å². The van der Waals surface area contributed by atoms with Gasteiger partial charge in [-0.25, -0.2) is 0 Å². The Morgan fingerprint density at radius 2 is 1.36 bits per heavy atom. The van der Waals surface area contributed by atoms with E-state index < -0.39 is 5.91 Å². The summed E-state index contributed by atoms with van der Waals surface area (Å²) >= 11 is 0. The summed E-state index contributed by atoms with van der Waals surface area (Å²) in [6.07, 6.45) is 0. The first-order chi connectivity index (χ1) is 4.37. The topological polar surface area (TPSA) is 40.9 Å². The van der Waals surface area contributed by atoms with Crippen molar-refractivity contribution in [1.82, 2.24) is 0 Å². The molecular formula is C8H17LaNO-2. The molecule has 0 saturated carbocycles. The van der Waals surface area contributed by atoms with Crippen LogP contribution in [0, 0.1) is 47.4 Å². The van der Waals surface area contributed by atoms with Gasteiger partial charge in [-0.15, -0.1) is 0 Å². The maximum absolute atomic E-state index is 9.81. The first kappa shape index (κ1) is 17.7. The average Bonchev–Trinajstić information content (AvgIpc) is 1.63. The Hall–Kier alpha value is 0.665. The molecule has 0 aromatic heterocycles. The quantitative estimate of drug-likeness (QED) is 0.682. The van der Waals surface area contributed by atoms with Crippen molar-refractivity contribution >= 4 is 5.91 Å². The monoisotopic (exact) mass is 282 g/mol. The summed E-state index contributed by atoms with van der Waals surface area (Å²) < 4.78 is 0. The Morgan fingerprint density at radius 3 is 1.36 bits per heavy atom. The van der Waals surface area contributed by atoms with Crippen LogP contribution < -0.4 is 0 Å². The third-order valence-corrected chi connectivity index (χ3v) is 0.524. The fourth-order valence-corrected chi connectivity index (χ4v) is 0. The van der Waals surface area contributed by atoms with Gasteiger partial charge in [0, 0.05) is 35.6 Å². The molecule has 0 atom stereocenters. The summed E-state index contributed by atoms with van der Waals surface area (Å²) in [6, 6.07) is 0. The third kappa shape index (κ3) is 36.8. The minimum absolute atomic E-state index is 0. The maximum Gasteiger partial charge on any atom is 0.0513 e. The number of nitrogens with one attached hydrogen (secondary N) is 1.